The summed E-state index contributed by atoms with van der Waals surface area (Å²) in [6.07, 6.45) is 2.86. The van der Waals surface area contributed by atoms with Gasteiger partial charge in [-0.25, -0.2) is 0 Å². The number of ether oxygens (including phenoxy) is 1. The van der Waals surface area contributed by atoms with Crippen LogP contribution >= 0.6 is 0 Å². The number of benzene rings is 2. The third kappa shape index (κ3) is 7.72. The molecule has 0 spiro atoms. The highest BCUT2D eigenvalue weighted by molar-refractivity contribution is 5.79. The van der Waals surface area contributed by atoms with Crippen LogP contribution in [0.25, 0.3) is 0 Å². The molecular formula is C25H33N3O3. The molecule has 1 aliphatic heterocycles. The van der Waals surface area contributed by atoms with Gasteiger partial charge in [-0.1, -0.05) is 42.5 Å². The zero-order valence-electron chi connectivity index (χ0n) is 18.3. The maximum Gasteiger partial charge on any atom is 0.223 e. The Morgan fingerprint density at radius 1 is 1.10 bits per heavy atom. The van der Waals surface area contributed by atoms with E-state index in [2.05, 4.69) is 21.6 Å². The Balaban J connectivity index is 1.57. The Kier molecular flexibility index (Phi) is 8.91. The number of amides is 2. The highest BCUT2D eigenvalue weighted by atomic mass is 16.5. The number of hydrogen-bond acceptors (Lipinski definition) is 4. The lowest BCUT2D eigenvalue weighted by Gasteiger charge is -2.23. The van der Waals surface area contributed by atoms with Crippen LogP contribution < -0.4 is 15.4 Å². The van der Waals surface area contributed by atoms with Crippen LogP contribution in [0.4, 0.5) is 0 Å². The minimum absolute atomic E-state index is 0.0426. The lowest BCUT2D eigenvalue weighted by atomic mass is 9.98. The van der Waals surface area contributed by atoms with E-state index >= 15 is 0 Å². The lowest BCUT2D eigenvalue weighted by molar-refractivity contribution is -0.126. The number of nitrogens with one attached hydrogen (secondary N) is 2. The van der Waals surface area contributed by atoms with Crippen molar-refractivity contribution in [1.82, 2.24) is 15.5 Å². The molecule has 3 rings (SSSR count). The Morgan fingerprint density at radius 2 is 1.90 bits per heavy atom. The molecule has 1 saturated heterocycles. The first-order valence-electron chi connectivity index (χ1n) is 11.1. The van der Waals surface area contributed by atoms with Gasteiger partial charge in [-0.2, -0.15) is 0 Å². The van der Waals surface area contributed by atoms with Crippen LogP contribution in [0.5, 0.6) is 5.75 Å². The van der Waals surface area contributed by atoms with Gasteiger partial charge in [0.05, 0.1) is 7.11 Å². The van der Waals surface area contributed by atoms with E-state index in [1.807, 2.05) is 48.5 Å². The van der Waals surface area contributed by atoms with Crippen LogP contribution in [0.2, 0.25) is 0 Å². The second-order valence-corrected chi connectivity index (χ2v) is 8.06. The predicted molar refractivity (Wildman–Crippen MR) is 122 cm³/mol. The van der Waals surface area contributed by atoms with Crippen molar-refractivity contribution in [2.75, 3.05) is 26.7 Å². The summed E-state index contributed by atoms with van der Waals surface area (Å²) in [6.45, 7) is 3.39. The first-order valence-corrected chi connectivity index (χ1v) is 11.1. The second kappa shape index (κ2) is 12.1. The molecular weight excluding hydrogens is 390 g/mol. The molecule has 6 nitrogen and oxygen atoms in total. The molecule has 166 valence electrons. The van der Waals surface area contributed by atoms with Crippen LogP contribution in [0.1, 0.15) is 36.8 Å². The molecule has 31 heavy (non-hydrogen) atoms. The minimum atomic E-state index is -0.0965. The molecule has 6 heteroatoms. The van der Waals surface area contributed by atoms with Gasteiger partial charge in [-0.05, 0) is 49.1 Å². The molecule has 2 aromatic carbocycles. The van der Waals surface area contributed by atoms with Gasteiger partial charge in [0, 0.05) is 38.5 Å². The van der Waals surface area contributed by atoms with Crippen molar-refractivity contribution in [2.24, 2.45) is 5.92 Å². The average Bonchev–Trinajstić information content (AvgIpc) is 2.84. The first kappa shape index (κ1) is 22.8. The number of carbonyl (C=O) groups excluding carboxylic acids is 2. The van der Waals surface area contributed by atoms with Gasteiger partial charge < -0.3 is 15.4 Å². The quantitative estimate of drug-likeness (QED) is 0.749. The van der Waals surface area contributed by atoms with E-state index < -0.39 is 0 Å². The van der Waals surface area contributed by atoms with E-state index in [1.165, 1.54) is 0 Å². The van der Waals surface area contributed by atoms with Gasteiger partial charge in [0.2, 0.25) is 11.8 Å². The molecule has 1 heterocycles. The molecule has 2 amide bonds. The van der Waals surface area contributed by atoms with Crippen molar-refractivity contribution in [1.29, 1.82) is 0 Å². The number of nitrogens with zero attached hydrogens (tertiary/aromatic N) is 1. The molecule has 1 atom stereocenters. The molecule has 2 aromatic rings. The SMILES string of the molecule is COc1cccc(CN2CCCC(C(=O)NCc3ccccc3)CCNC(=O)CC2)c1. The molecule has 0 aromatic heterocycles. The summed E-state index contributed by atoms with van der Waals surface area (Å²) in [7, 11) is 1.67. The topological polar surface area (TPSA) is 70.7 Å². The Bertz CT molecular complexity index is 841. The summed E-state index contributed by atoms with van der Waals surface area (Å²) in [5.74, 6) is 0.849. The molecule has 2 N–H and O–H groups in total. The third-order valence-electron chi connectivity index (χ3n) is 5.72. The number of methoxy groups -OCH3 is 1. The molecule has 1 aliphatic rings. The summed E-state index contributed by atoms with van der Waals surface area (Å²) >= 11 is 0. The van der Waals surface area contributed by atoms with Crippen LogP contribution in [0, 0.1) is 5.92 Å². The van der Waals surface area contributed by atoms with Crippen LogP contribution in [0.3, 0.4) is 0 Å². The first-order chi connectivity index (χ1) is 15.1. The molecule has 0 radical (unpaired) electrons. The summed E-state index contributed by atoms with van der Waals surface area (Å²) in [5.41, 5.74) is 2.25. The Labute approximate surface area is 185 Å². The highest BCUT2D eigenvalue weighted by Gasteiger charge is 2.20. The second-order valence-electron chi connectivity index (χ2n) is 8.06. The van der Waals surface area contributed by atoms with Crippen LogP contribution in [0.15, 0.2) is 54.6 Å². The van der Waals surface area contributed by atoms with Gasteiger partial charge in [0.25, 0.3) is 0 Å². The van der Waals surface area contributed by atoms with E-state index in [1.54, 1.807) is 7.11 Å². The predicted octanol–water partition coefficient (Wildman–Crippen LogP) is 3.12. The molecule has 0 aliphatic carbocycles. The molecule has 1 unspecified atom stereocenters. The fourth-order valence-electron chi connectivity index (χ4n) is 3.93. The summed E-state index contributed by atoms with van der Waals surface area (Å²) < 4.78 is 5.33. The number of rotatable bonds is 6. The fraction of sp³-hybridized carbons (Fsp3) is 0.440. The largest absolute Gasteiger partial charge is 0.497 e. The smallest absolute Gasteiger partial charge is 0.223 e. The maximum atomic E-state index is 12.8. The van der Waals surface area contributed by atoms with E-state index in [0.29, 0.717) is 32.5 Å². The summed E-state index contributed by atoms with van der Waals surface area (Å²) in [4.78, 5) is 27.3. The van der Waals surface area contributed by atoms with E-state index in [0.717, 1.165) is 42.8 Å². The van der Waals surface area contributed by atoms with Crippen molar-refractivity contribution in [2.45, 2.75) is 38.8 Å². The zero-order valence-corrected chi connectivity index (χ0v) is 18.3. The monoisotopic (exact) mass is 423 g/mol. The van der Waals surface area contributed by atoms with Crippen molar-refractivity contribution in [3.8, 4) is 5.75 Å². The standard InChI is InChI=1S/C25H33N3O3/c1-31-23-11-5-9-21(17-23)19-28-15-6-10-22(12-14-26-24(29)13-16-28)25(30)27-18-20-7-3-2-4-8-20/h2-5,7-9,11,17,22H,6,10,12-16,18-19H2,1H3,(H,26,29)(H,27,30). The molecule has 0 saturated carbocycles. The van der Waals surface area contributed by atoms with Crippen molar-refractivity contribution in [3.63, 3.8) is 0 Å². The van der Waals surface area contributed by atoms with E-state index in [4.69, 9.17) is 4.74 Å². The van der Waals surface area contributed by atoms with Crippen molar-refractivity contribution >= 4 is 11.8 Å². The minimum Gasteiger partial charge on any atom is -0.497 e. The van der Waals surface area contributed by atoms with Gasteiger partial charge in [0.1, 0.15) is 5.75 Å². The van der Waals surface area contributed by atoms with Crippen LogP contribution in [-0.2, 0) is 22.7 Å². The lowest BCUT2D eigenvalue weighted by Crippen LogP contribution is -2.33. The molecule has 1 fully saturated rings. The molecule has 0 bridgehead atoms. The number of carbonyl (C=O) groups is 2. The van der Waals surface area contributed by atoms with Gasteiger partial charge >= 0.3 is 0 Å². The fourth-order valence-corrected chi connectivity index (χ4v) is 3.93. The van der Waals surface area contributed by atoms with Gasteiger partial charge in [-0.3, -0.25) is 14.5 Å². The van der Waals surface area contributed by atoms with Gasteiger partial charge in [-0.15, -0.1) is 0 Å². The van der Waals surface area contributed by atoms with E-state index in [9.17, 15) is 9.59 Å². The van der Waals surface area contributed by atoms with Crippen molar-refractivity contribution in [3.05, 3.63) is 65.7 Å². The Hall–Kier alpha value is -2.86. The third-order valence-corrected chi connectivity index (χ3v) is 5.72. The normalized spacial score (nSPS) is 18.5. The van der Waals surface area contributed by atoms with Gasteiger partial charge in [0.15, 0.2) is 0 Å². The number of hydrogen-bond donors (Lipinski definition) is 2. The zero-order chi connectivity index (χ0) is 21.9. The van der Waals surface area contributed by atoms with E-state index in [-0.39, 0.29) is 17.7 Å². The van der Waals surface area contributed by atoms with Crippen molar-refractivity contribution < 1.29 is 14.3 Å². The maximum absolute atomic E-state index is 12.8. The average molecular weight is 424 g/mol. The highest BCUT2D eigenvalue weighted by Crippen LogP contribution is 2.17. The summed E-state index contributed by atoms with van der Waals surface area (Å²) in [6, 6.07) is 18.0. The Morgan fingerprint density at radius 3 is 2.71 bits per heavy atom. The summed E-state index contributed by atoms with van der Waals surface area (Å²) in [5, 5.41) is 6.04. The van der Waals surface area contributed by atoms with Crippen LogP contribution in [-0.4, -0.2) is 43.5 Å².